The van der Waals surface area contributed by atoms with Crippen molar-refractivity contribution in [2.45, 2.75) is 49.9 Å². The van der Waals surface area contributed by atoms with Crippen molar-refractivity contribution >= 4 is 5.78 Å². The van der Waals surface area contributed by atoms with E-state index in [2.05, 4.69) is 4.74 Å². The number of ketones is 1. The van der Waals surface area contributed by atoms with E-state index in [9.17, 15) is 22.4 Å². The summed E-state index contributed by atoms with van der Waals surface area (Å²) in [5.74, 6) is -1.22. The number of ether oxygens (including phenoxy) is 4. The third kappa shape index (κ3) is 4.25. The van der Waals surface area contributed by atoms with Crippen molar-refractivity contribution in [2.24, 2.45) is 5.92 Å². The Bertz CT molecular complexity index is 461. The SMILES string of the molecule is CO[C@@H]1C(=O)[C@@H](F)C[C@]2(CO2)[C@H]1C(C)(C)OCCOCC(F)(F)F. The molecule has 1 saturated heterocycles. The number of rotatable bonds is 7. The zero-order valence-corrected chi connectivity index (χ0v) is 13.8. The van der Waals surface area contributed by atoms with E-state index in [0.717, 1.165) is 0 Å². The Hall–Kier alpha value is -0.770. The zero-order chi connectivity index (χ0) is 18.2. The zero-order valence-electron chi connectivity index (χ0n) is 13.8. The first-order valence-corrected chi connectivity index (χ1v) is 7.65. The van der Waals surface area contributed by atoms with E-state index < -0.39 is 48.0 Å². The molecule has 24 heavy (non-hydrogen) atoms. The van der Waals surface area contributed by atoms with Crippen LogP contribution in [-0.4, -0.2) is 69.0 Å². The third-order valence-electron chi connectivity index (χ3n) is 4.47. The Kier molecular flexibility index (Phi) is 5.59. The van der Waals surface area contributed by atoms with Crippen LogP contribution in [0.5, 0.6) is 0 Å². The quantitative estimate of drug-likeness (QED) is 0.396. The Morgan fingerprint density at radius 3 is 2.42 bits per heavy atom. The molecule has 1 spiro atoms. The van der Waals surface area contributed by atoms with Gasteiger partial charge in [0.1, 0.15) is 18.3 Å². The summed E-state index contributed by atoms with van der Waals surface area (Å²) in [7, 11) is 1.31. The summed E-state index contributed by atoms with van der Waals surface area (Å²) in [5.41, 5.74) is -1.79. The summed E-state index contributed by atoms with van der Waals surface area (Å²) in [6.45, 7) is 1.96. The van der Waals surface area contributed by atoms with Crippen molar-refractivity contribution in [3.8, 4) is 0 Å². The predicted molar refractivity (Wildman–Crippen MR) is 74.4 cm³/mol. The number of carbonyl (C=O) groups excluding carboxylic acids is 1. The molecule has 1 aliphatic carbocycles. The van der Waals surface area contributed by atoms with Gasteiger partial charge in [-0.1, -0.05) is 0 Å². The van der Waals surface area contributed by atoms with E-state index in [1.54, 1.807) is 13.8 Å². The molecule has 2 aliphatic rings. The summed E-state index contributed by atoms with van der Waals surface area (Å²) >= 11 is 0. The second-order valence-corrected chi connectivity index (χ2v) is 6.68. The van der Waals surface area contributed by atoms with E-state index in [1.165, 1.54) is 7.11 Å². The van der Waals surface area contributed by atoms with Crippen LogP contribution >= 0.6 is 0 Å². The van der Waals surface area contributed by atoms with Crippen molar-refractivity contribution < 1.29 is 41.3 Å². The molecule has 0 aromatic carbocycles. The molecule has 0 aromatic heterocycles. The molecule has 2 rings (SSSR count). The first-order valence-electron chi connectivity index (χ1n) is 7.65. The minimum absolute atomic E-state index is 0.0618. The number of alkyl halides is 4. The molecule has 9 heteroatoms. The van der Waals surface area contributed by atoms with Crippen molar-refractivity contribution in [2.75, 3.05) is 33.5 Å². The van der Waals surface area contributed by atoms with Crippen LogP contribution in [0.1, 0.15) is 20.3 Å². The van der Waals surface area contributed by atoms with Crippen molar-refractivity contribution in [3.05, 3.63) is 0 Å². The Morgan fingerprint density at radius 2 is 1.92 bits per heavy atom. The molecule has 0 radical (unpaired) electrons. The number of methoxy groups -OCH3 is 1. The Labute approximate surface area is 137 Å². The standard InChI is InChI=1S/C15H22F4O5/c1-13(2,23-5-4-22-8-15(17,18)19)12-11(21-3)10(20)9(16)6-14(12)7-24-14/h9,11-12H,4-8H2,1-3H3/t9-,11+,12+,14-/m0/s1. The normalized spacial score (nSPS) is 34.0. The topological polar surface area (TPSA) is 57.3 Å². The number of Topliss-reactive ketones (excluding diaryl/α,β-unsaturated/α-hetero) is 1. The van der Waals surface area contributed by atoms with Gasteiger partial charge in [-0.05, 0) is 13.8 Å². The van der Waals surface area contributed by atoms with E-state index in [1.807, 2.05) is 0 Å². The maximum absolute atomic E-state index is 13.9. The molecular formula is C15H22F4O5. The van der Waals surface area contributed by atoms with Gasteiger partial charge in [-0.3, -0.25) is 4.79 Å². The summed E-state index contributed by atoms with van der Waals surface area (Å²) in [6, 6.07) is 0. The number of epoxide rings is 1. The first kappa shape index (κ1) is 19.6. The molecule has 140 valence electrons. The molecule has 1 aliphatic heterocycles. The van der Waals surface area contributed by atoms with Crippen LogP contribution in [0, 0.1) is 5.92 Å². The summed E-state index contributed by atoms with van der Waals surface area (Å²) in [4.78, 5) is 12.1. The third-order valence-corrected chi connectivity index (χ3v) is 4.47. The van der Waals surface area contributed by atoms with E-state index in [-0.39, 0.29) is 19.6 Å². The number of halogens is 4. The molecule has 0 unspecified atom stereocenters. The fourth-order valence-electron chi connectivity index (χ4n) is 3.43. The van der Waals surface area contributed by atoms with Gasteiger partial charge in [0, 0.05) is 13.5 Å². The highest BCUT2D eigenvalue weighted by Crippen LogP contribution is 2.51. The van der Waals surface area contributed by atoms with Crippen molar-refractivity contribution in [3.63, 3.8) is 0 Å². The van der Waals surface area contributed by atoms with Crippen LogP contribution in [0.3, 0.4) is 0 Å². The second-order valence-electron chi connectivity index (χ2n) is 6.68. The maximum Gasteiger partial charge on any atom is 0.411 e. The average Bonchev–Trinajstić information content (AvgIpc) is 3.20. The molecule has 1 saturated carbocycles. The number of carbonyl (C=O) groups is 1. The molecular weight excluding hydrogens is 336 g/mol. The lowest BCUT2D eigenvalue weighted by atomic mass is 9.68. The summed E-state index contributed by atoms with van der Waals surface area (Å²) in [6.07, 6.45) is -7.13. The molecule has 0 amide bonds. The van der Waals surface area contributed by atoms with Gasteiger partial charge in [-0.25, -0.2) is 4.39 Å². The molecule has 1 heterocycles. The average molecular weight is 358 g/mol. The van der Waals surface area contributed by atoms with Crippen LogP contribution < -0.4 is 0 Å². The largest absolute Gasteiger partial charge is 0.411 e. The molecule has 2 fully saturated rings. The molecule has 5 nitrogen and oxygen atoms in total. The highest BCUT2D eigenvalue weighted by molar-refractivity contribution is 5.89. The lowest BCUT2D eigenvalue weighted by molar-refractivity contribution is -0.189. The van der Waals surface area contributed by atoms with E-state index in [4.69, 9.17) is 14.2 Å². The van der Waals surface area contributed by atoms with Crippen LogP contribution in [0.4, 0.5) is 17.6 Å². The van der Waals surface area contributed by atoms with Gasteiger partial charge in [0.05, 0.1) is 31.3 Å². The van der Waals surface area contributed by atoms with E-state index in [0.29, 0.717) is 6.61 Å². The van der Waals surface area contributed by atoms with Gasteiger partial charge >= 0.3 is 6.18 Å². The van der Waals surface area contributed by atoms with Crippen LogP contribution in [0.15, 0.2) is 0 Å². The highest BCUT2D eigenvalue weighted by Gasteiger charge is 2.66. The molecule has 0 bridgehead atoms. The summed E-state index contributed by atoms with van der Waals surface area (Å²) < 4.78 is 70.7. The lowest BCUT2D eigenvalue weighted by Gasteiger charge is -2.44. The second kappa shape index (κ2) is 6.86. The fraction of sp³-hybridized carbons (Fsp3) is 0.933. The van der Waals surface area contributed by atoms with Crippen LogP contribution in [0.25, 0.3) is 0 Å². The molecule has 0 N–H and O–H groups in total. The van der Waals surface area contributed by atoms with Gasteiger partial charge in [0.2, 0.25) is 0 Å². The van der Waals surface area contributed by atoms with Gasteiger partial charge < -0.3 is 18.9 Å². The monoisotopic (exact) mass is 358 g/mol. The van der Waals surface area contributed by atoms with Gasteiger partial charge in [-0.15, -0.1) is 0 Å². The lowest BCUT2D eigenvalue weighted by Crippen LogP contribution is -2.59. The number of hydrogen-bond donors (Lipinski definition) is 0. The van der Waals surface area contributed by atoms with Crippen LogP contribution in [-0.2, 0) is 23.7 Å². The predicted octanol–water partition coefficient (Wildman–Crippen LogP) is 2.07. The minimum atomic E-state index is -4.39. The van der Waals surface area contributed by atoms with Gasteiger partial charge in [-0.2, -0.15) is 13.2 Å². The fourth-order valence-corrected chi connectivity index (χ4v) is 3.43. The maximum atomic E-state index is 13.9. The van der Waals surface area contributed by atoms with Crippen molar-refractivity contribution in [1.29, 1.82) is 0 Å². The number of hydrogen-bond acceptors (Lipinski definition) is 5. The first-order chi connectivity index (χ1) is 11.0. The van der Waals surface area contributed by atoms with Crippen LogP contribution in [0.2, 0.25) is 0 Å². The Balaban J connectivity index is 1.97. The molecule has 0 aromatic rings. The minimum Gasteiger partial charge on any atom is -0.373 e. The van der Waals surface area contributed by atoms with E-state index >= 15 is 0 Å². The highest BCUT2D eigenvalue weighted by atomic mass is 19.4. The van der Waals surface area contributed by atoms with Crippen molar-refractivity contribution in [1.82, 2.24) is 0 Å². The van der Waals surface area contributed by atoms with Gasteiger partial charge in [0.25, 0.3) is 0 Å². The molecule has 4 atom stereocenters. The smallest absolute Gasteiger partial charge is 0.373 e. The van der Waals surface area contributed by atoms with Gasteiger partial charge in [0.15, 0.2) is 12.0 Å². The summed E-state index contributed by atoms with van der Waals surface area (Å²) in [5, 5.41) is 0. The Morgan fingerprint density at radius 1 is 1.29 bits per heavy atom.